The molecule has 2 aromatic rings. The van der Waals surface area contributed by atoms with E-state index >= 15 is 0 Å². The third kappa shape index (κ3) is 4.19. The maximum absolute atomic E-state index is 12.1. The Morgan fingerprint density at radius 2 is 2.30 bits per heavy atom. The molecule has 1 aromatic heterocycles. The minimum atomic E-state index is -0.351. The van der Waals surface area contributed by atoms with Crippen LogP contribution >= 0.6 is 11.3 Å². The SMILES string of the molecule is CCOc1cc(C=NNC(=O)c2sc(N)nc2CC)ccc1O. The molecule has 0 saturated carbocycles. The molecule has 0 spiro atoms. The number of hydrogen-bond donors (Lipinski definition) is 3. The van der Waals surface area contributed by atoms with E-state index in [0.29, 0.717) is 40.0 Å². The van der Waals surface area contributed by atoms with Crippen LogP contribution in [0.2, 0.25) is 0 Å². The van der Waals surface area contributed by atoms with Crippen molar-refractivity contribution in [3.63, 3.8) is 0 Å². The van der Waals surface area contributed by atoms with Crippen molar-refractivity contribution in [3.8, 4) is 11.5 Å². The molecule has 0 radical (unpaired) electrons. The maximum atomic E-state index is 12.1. The van der Waals surface area contributed by atoms with E-state index in [0.717, 1.165) is 11.3 Å². The topological polar surface area (TPSA) is 110 Å². The van der Waals surface area contributed by atoms with Gasteiger partial charge < -0.3 is 15.6 Å². The Labute approximate surface area is 137 Å². The molecule has 23 heavy (non-hydrogen) atoms. The summed E-state index contributed by atoms with van der Waals surface area (Å²) in [7, 11) is 0. The van der Waals surface area contributed by atoms with E-state index in [2.05, 4.69) is 15.5 Å². The number of thiazole rings is 1. The van der Waals surface area contributed by atoms with Crippen molar-refractivity contribution in [1.82, 2.24) is 10.4 Å². The summed E-state index contributed by atoms with van der Waals surface area (Å²) in [5.41, 5.74) is 9.41. The van der Waals surface area contributed by atoms with Gasteiger partial charge in [0.15, 0.2) is 16.6 Å². The number of hydrazone groups is 1. The van der Waals surface area contributed by atoms with Gasteiger partial charge in [0.2, 0.25) is 0 Å². The zero-order valence-corrected chi connectivity index (χ0v) is 13.7. The maximum Gasteiger partial charge on any atom is 0.283 e. The van der Waals surface area contributed by atoms with Crippen LogP contribution < -0.4 is 15.9 Å². The number of nitrogens with one attached hydrogen (secondary N) is 1. The summed E-state index contributed by atoms with van der Waals surface area (Å²) in [6.45, 7) is 4.17. The lowest BCUT2D eigenvalue weighted by Crippen LogP contribution is -2.17. The Bertz CT molecular complexity index is 728. The molecule has 1 heterocycles. The predicted octanol–water partition coefficient (Wildman–Crippen LogP) is 2.16. The number of rotatable bonds is 6. The summed E-state index contributed by atoms with van der Waals surface area (Å²) < 4.78 is 5.29. The van der Waals surface area contributed by atoms with Crippen molar-refractivity contribution < 1.29 is 14.6 Å². The Kier molecular flexibility index (Phi) is 5.53. The number of phenolic OH excluding ortho intramolecular Hbond substituents is 1. The van der Waals surface area contributed by atoms with Gasteiger partial charge in [-0.15, -0.1) is 0 Å². The molecule has 122 valence electrons. The molecule has 8 heteroatoms. The third-order valence-corrected chi connectivity index (χ3v) is 3.84. The molecular formula is C15H18N4O3S. The number of ether oxygens (including phenoxy) is 1. The minimum Gasteiger partial charge on any atom is -0.504 e. The standard InChI is InChI=1S/C15H18N4O3S/c1-3-10-13(23-15(16)18-10)14(21)19-17-8-9-5-6-11(20)12(7-9)22-4-2/h5-8,20H,3-4H2,1-2H3,(H2,16,18)(H,19,21). The normalized spacial score (nSPS) is 10.9. The number of aromatic hydroxyl groups is 1. The van der Waals surface area contributed by atoms with E-state index < -0.39 is 0 Å². The zero-order valence-electron chi connectivity index (χ0n) is 12.9. The fourth-order valence-corrected chi connectivity index (χ4v) is 2.70. The van der Waals surface area contributed by atoms with Crippen LogP contribution in [0.3, 0.4) is 0 Å². The van der Waals surface area contributed by atoms with Gasteiger partial charge in [0, 0.05) is 0 Å². The number of phenols is 1. The summed E-state index contributed by atoms with van der Waals surface area (Å²) in [6.07, 6.45) is 2.09. The molecule has 0 unspecified atom stereocenters. The van der Waals surface area contributed by atoms with Gasteiger partial charge in [-0.3, -0.25) is 4.79 Å². The van der Waals surface area contributed by atoms with E-state index in [9.17, 15) is 9.90 Å². The number of amides is 1. The van der Waals surface area contributed by atoms with E-state index in [4.69, 9.17) is 10.5 Å². The van der Waals surface area contributed by atoms with Crippen LogP contribution in [0.15, 0.2) is 23.3 Å². The summed E-state index contributed by atoms with van der Waals surface area (Å²) in [5, 5.41) is 13.9. The minimum absolute atomic E-state index is 0.0563. The monoisotopic (exact) mass is 334 g/mol. The Morgan fingerprint density at radius 3 is 3.00 bits per heavy atom. The van der Waals surface area contributed by atoms with Gasteiger partial charge in [0.1, 0.15) is 4.88 Å². The first kappa shape index (κ1) is 16.8. The zero-order chi connectivity index (χ0) is 16.8. The second-order valence-corrected chi connectivity index (χ2v) is 5.57. The number of carbonyl (C=O) groups is 1. The van der Waals surface area contributed by atoms with Crippen LogP contribution in [0.25, 0.3) is 0 Å². The average Bonchev–Trinajstić information content (AvgIpc) is 2.91. The van der Waals surface area contributed by atoms with Crippen molar-refractivity contribution >= 4 is 28.6 Å². The molecule has 0 aliphatic carbocycles. The largest absolute Gasteiger partial charge is 0.504 e. The first-order chi connectivity index (χ1) is 11.0. The van der Waals surface area contributed by atoms with Gasteiger partial charge in [-0.25, -0.2) is 10.4 Å². The molecule has 4 N–H and O–H groups in total. The highest BCUT2D eigenvalue weighted by atomic mass is 32.1. The van der Waals surface area contributed by atoms with Crippen molar-refractivity contribution in [2.45, 2.75) is 20.3 Å². The summed E-state index contributed by atoms with van der Waals surface area (Å²) in [5.74, 6) is 0.0724. The fraction of sp³-hybridized carbons (Fsp3) is 0.267. The van der Waals surface area contributed by atoms with Crippen molar-refractivity contribution in [1.29, 1.82) is 0 Å². The van der Waals surface area contributed by atoms with Gasteiger partial charge in [0.25, 0.3) is 5.91 Å². The first-order valence-corrected chi connectivity index (χ1v) is 7.91. The molecule has 1 amide bonds. The predicted molar refractivity (Wildman–Crippen MR) is 90.2 cm³/mol. The number of aromatic nitrogens is 1. The van der Waals surface area contributed by atoms with Crippen molar-refractivity contribution in [2.75, 3.05) is 12.3 Å². The van der Waals surface area contributed by atoms with Crippen LogP contribution in [0, 0.1) is 0 Å². The highest BCUT2D eigenvalue weighted by molar-refractivity contribution is 7.17. The Hall–Kier alpha value is -2.61. The van der Waals surface area contributed by atoms with Crippen LogP contribution in [0.4, 0.5) is 5.13 Å². The lowest BCUT2D eigenvalue weighted by atomic mass is 10.2. The fourth-order valence-electron chi connectivity index (χ4n) is 1.89. The van der Waals surface area contributed by atoms with E-state index in [-0.39, 0.29) is 11.7 Å². The van der Waals surface area contributed by atoms with Gasteiger partial charge in [-0.2, -0.15) is 5.10 Å². The molecule has 0 aliphatic heterocycles. The Morgan fingerprint density at radius 1 is 1.52 bits per heavy atom. The van der Waals surface area contributed by atoms with E-state index in [1.165, 1.54) is 12.3 Å². The second-order valence-electron chi connectivity index (χ2n) is 4.54. The summed E-state index contributed by atoms with van der Waals surface area (Å²) in [6, 6.07) is 4.81. The second kappa shape index (κ2) is 7.59. The average molecular weight is 334 g/mol. The lowest BCUT2D eigenvalue weighted by Gasteiger charge is -2.06. The molecule has 0 aliphatic rings. The summed E-state index contributed by atoms with van der Waals surface area (Å²) in [4.78, 5) is 16.6. The third-order valence-electron chi connectivity index (χ3n) is 2.92. The molecule has 0 bridgehead atoms. The van der Waals surface area contributed by atoms with Crippen molar-refractivity contribution in [2.24, 2.45) is 5.10 Å². The number of nitrogen functional groups attached to an aromatic ring is 1. The highest BCUT2D eigenvalue weighted by Gasteiger charge is 2.15. The van der Waals surface area contributed by atoms with Gasteiger partial charge in [0.05, 0.1) is 18.5 Å². The molecule has 1 aromatic carbocycles. The number of carbonyl (C=O) groups excluding carboxylic acids is 1. The number of nitrogens with two attached hydrogens (primary N) is 1. The molecule has 7 nitrogen and oxygen atoms in total. The van der Waals surface area contributed by atoms with Gasteiger partial charge in [-0.05, 0) is 37.1 Å². The number of hydrogen-bond acceptors (Lipinski definition) is 7. The highest BCUT2D eigenvalue weighted by Crippen LogP contribution is 2.26. The molecule has 0 saturated heterocycles. The lowest BCUT2D eigenvalue weighted by molar-refractivity contribution is 0.0958. The number of benzene rings is 1. The quantitative estimate of drug-likeness (QED) is 0.554. The Balaban J connectivity index is 2.06. The number of aryl methyl sites for hydroxylation is 1. The molecular weight excluding hydrogens is 316 g/mol. The molecule has 0 atom stereocenters. The van der Waals surface area contributed by atoms with Crippen LogP contribution in [0.1, 0.15) is 34.8 Å². The first-order valence-electron chi connectivity index (χ1n) is 7.09. The smallest absolute Gasteiger partial charge is 0.283 e. The summed E-state index contributed by atoms with van der Waals surface area (Å²) >= 11 is 1.13. The molecule has 0 fully saturated rings. The van der Waals surface area contributed by atoms with E-state index in [1.807, 2.05) is 13.8 Å². The van der Waals surface area contributed by atoms with Crippen molar-refractivity contribution in [3.05, 3.63) is 34.3 Å². The van der Waals surface area contributed by atoms with Crippen LogP contribution in [0.5, 0.6) is 11.5 Å². The van der Waals surface area contributed by atoms with Crippen LogP contribution in [-0.2, 0) is 6.42 Å². The number of anilines is 1. The number of nitrogens with zero attached hydrogens (tertiary/aromatic N) is 2. The van der Waals surface area contributed by atoms with Crippen LogP contribution in [-0.4, -0.2) is 28.8 Å². The van der Waals surface area contributed by atoms with Gasteiger partial charge >= 0.3 is 0 Å². The van der Waals surface area contributed by atoms with Gasteiger partial charge in [-0.1, -0.05) is 18.3 Å². The van der Waals surface area contributed by atoms with E-state index in [1.54, 1.807) is 12.1 Å². The molecule has 2 rings (SSSR count).